The fourth-order valence-corrected chi connectivity index (χ4v) is 0.911. The van der Waals surface area contributed by atoms with Gasteiger partial charge in [0.05, 0.1) is 12.0 Å². The number of aromatic nitrogens is 2. The minimum absolute atomic E-state index is 1.03. The van der Waals surface area contributed by atoms with E-state index < -0.39 is 0 Å². The molecule has 2 nitrogen and oxygen atoms in total. The molecular weight excluding hydrogens is 124 g/mol. The van der Waals surface area contributed by atoms with E-state index in [0.717, 1.165) is 18.5 Å². The number of rotatable bonds is 4. The maximum atomic E-state index is 4.11. The van der Waals surface area contributed by atoms with Crippen molar-refractivity contribution in [1.29, 1.82) is 0 Å². The molecule has 0 aliphatic heterocycles. The zero-order chi connectivity index (χ0) is 7.23. The molecule has 10 heavy (non-hydrogen) atoms. The fraction of sp³-hybridized carbons (Fsp3) is 0.500. The van der Waals surface area contributed by atoms with Gasteiger partial charge in [-0.25, -0.2) is 4.98 Å². The van der Waals surface area contributed by atoms with Crippen molar-refractivity contribution in [2.45, 2.75) is 25.7 Å². The minimum atomic E-state index is 1.03. The fourth-order valence-electron chi connectivity index (χ4n) is 0.911. The predicted octanol–water partition coefficient (Wildman–Crippen LogP) is 1.96. The van der Waals surface area contributed by atoms with E-state index >= 15 is 0 Å². The number of hydrogen-bond acceptors (Lipinski definition) is 1. The van der Waals surface area contributed by atoms with Crippen molar-refractivity contribution in [3.8, 4) is 0 Å². The van der Waals surface area contributed by atoms with Crippen molar-refractivity contribution < 1.29 is 0 Å². The Hall–Kier alpha value is -0.790. The Kier molecular flexibility index (Phi) is 3.00. The first-order chi connectivity index (χ1) is 4.93. The molecule has 0 saturated heterocycles. The molecule has 0 aromatic carbocycles. The van der Waals surface area contributed by atoms with Crippen LogP contribution in [-0.4, -0.2) is 9.97 Å². The number of nitrogens with one attached hydrogen (secondary N) is 1. The molecule has 0 unspecified atom stereocenters. The monoisotopic (exact) mass is 137 g/mol. The molecule has 2 heteroatoms. The summed E-state index contributed by atoms with van der Waals surface area (Å²) in [5.74, 6) is 0. The summed E-state index contributed by atoms with van der Waals surface area (Å²) in [6.45, 7) is 3.78. The molecule has 1 aromatic rings. The normalized spacial score (nSPS) is 10.1. The maximum Gasteiger partial charge on any atom is 0.0923 e. The highest BCUT2D eigenvalue weighted by molar-refractivity contribution is 4.93. The zero-order valence-corrected chi connectivity index (χ0v) is 6.14. The first kappa shape index (κ1) is 7.32. The van der Waals surface area contributed by atoms with E-state index in [4.69, 9.17) is 0 Å². The quantitative estimate of drug-likeness (QED) is 0.631. The van der Waals surface area contributed by atoms with Gasteiger partial charge in [-0.3, -0.25) is 0 Å². The van der Waals surface area contributed by atoms with Crippen LogP contribution in [-0.2, 0) is 6.42 Å². The SMILES string of the molecule is [CH2]CCCCc1c[nH]cn1. The van der Waals surface area contributed by atoms with Crippen LogP contribution < -0.4 is 0 Å². The average molecular weight is 137 g/mol. The van der Waals surface area contributed by atoms with Gasteiger partial charge in [0.15, 0.2) is 0 Å². The third-order valence-corrected chi connectivity index (χ3v) is 1.49. The second kappa shape index (κ2) is 4.09. The second-order valence-corrected chi connectivity index (χ2v) is 2.37. The minimum Gasteiger partial charge on any atom is -0.351 e. The van der Waals surface area contributed by atoms with Crippen molar-refractivity contribution in [1.82, 2.24) is 9.97 Å². The lowest BCUT2D eigenvalue weighted by Gasteiger charge is -1.92. The molecule has 1 N–H and O–H groups in total. The Morgan fingerprint density at radius 3 is 3.00 bits per heavy atom. The van der Waals surface area contributed by atoms with E-state index in [9.17, 15) is 0 Å². The summed E-state index contributed by atoms with van der Waals surface area (Å²) < 4.78 is 0. The Morgan fingerprint density at radius 2 is 2.40 bits per heavy atom. The molecule has 0 amide bonds. The van der Waals surface area contributed by atoms with Crippen LogP contribution in [0.15, 0.2) is 12.5 Å². The van der Waals surface area contributed by atoms with Gasteiger partial charge in [0, 0.05) is 6.20 Å². The van der Waals surface area contributed by atoms with E-state index in [1.807, 2.05) is 6.20 Å². The van der Waals surface area contributed by atoms with E-state index in [2.05, 4.69) is 16.9 Å². The van der Waals surface area contributed by atoms with E-state index in [1.54, 1.807) is 6.33 Å². The van der Waals surface area contributed by atoms with E-state index in [0.29, 0.717) is 0 Å². The second-order valence-electron chi connectivity index (χ2n) is 2.37. The molecule has 55 valence electrons. The third-order valence-electron chi connectivity index (χ3n) is 1.49. The van der Waals surface area contributed by atoms with Crippen molar-refractivity contribution >= 4 is 0 Å². The molecule has 0 spiro atoms. The highest BCUT2D eigenvalue weighted by atomic mass is 14.9. The van der Waals surface area contributed by atoms with Crippen LogP contribution >= 0.6 is 0 Å². The van der Waals surface area contributed by atoms with Crippen molar-refractivity contribution in [3.63, 3.8) is 0 Å². The summed E-state index contributed by atoms with van der Waals surface area (Å²) in [5, 5.41) is 0. The number of aryl methyl sites for hydroxylation is 1. The van der Waals surface area contributed by atoms with Gasteiger partial charge in [0.2, 0.25) is 0 Å². The number of unbranched alkanes of at least 4 members (excludes halogenated alkanes) is 2. The molecule has 1 radical (unpaired) electrons. The van der Waals surface area contributed by atoms with Crippen molar-refractivity contribution in [3.05, 3.63) is 25.1 Å². The molecule has 1 heterocycles. The summed E-state index contributed by atoms with van der Waals surface area (Å²) in [4.78, 5) is 7.04. The van der Waals surface area contributed by atoms with Crippen molar-refractivity contribution in [2.24, 2.45) is 0 Å². The van der Waals surface area contributed by atoms with E-state index in [1.165, 1.54) is 12.8 Å². The summed E-state index contributed by atoms with van der Waals surface area (Å²) in [6, 6.07) is 0. The molecule has 0 atom stereocenters. The molecule has 0 fully saturated rings. The third kappa shape index (κ3) is 2.21. The zero-order valence-electron chi connectivity index (χ0n) is 6.14. The average Bonchev–Trinajstić information content (AvgIpc) is 2.41. The molecule has 0 aliphatic rings. The Balaban J connectivity index is 2.15. The standard InChI is InChI=1S/C8H13N2/c1-2-3-4-5-8-6-9-7-10-8/h6-7H,1-5H2,(H,9,10). The van der Waals surface area contributed by atoms with Crippen molar-refractivity contribution in [2.75, 3.05) is 0 Å². The van der Waals surface area contributed by atoms with Gasteiger partial charge in [0.1, 0.15) is 0 Å². The lowest BCUT2D eigenvalue weighted by atomic mass is 10.2. The Morgan fingerprint density at radius 1 is 1.50 bits per heavy atom. The number of aromatic amines is 1. The van der Waals surface area contributed by atoms with Crippen LogP contribution in [0.25, 0.3) is 0 Å². The lowest BCUT2D eigenvalue weighted by molar-refractivity contribution is 0.736. The largest absolute Gasteiger partial charge is 0.351 e. The molecule has 0 aliphatic carbocycles. The summed E-state index contributed by atoms with van der Waals surface area (Å²) in [5.41, 5.74) is 1.16. The van der Waals surface area contributed by atoms with Crippen LogP contribution in [0.5, 0.6) is 0 Å². The number of imidazole rings is 1. The highest BCUT2D eigenvalue weighted by Crippen LogP contribution is 2.01. The van der Waals surface area contributed by atoms with Gasteiger partial charge in [-0.05, 0) is 12.8 Å². The number of hydrogen-bond donors (Lipinski definition) is 1. The van der Waals surface area contributed by atoms with Gasteiger partial charge in [-0.2, -0.15) is 0 Å². The highest BCUT2D eigenvalue weighted by Gasteiger charge is 1.91. The molecule has 1 rings (SSSR count). The van der Waals surface area contributed by atoms with Crippen LogP contribution in [0.4, 0.5) is 0 Å². The van der Waals surface area contributed by atoms with Gasteiger partial charge in [-0.1, -0.05) is 19.8 Å². The van der Waals surface area contributed by atoms with Crippen LogP contribution in [0.3, 0.4) is 0 Å². The summed E-state index contributed by atoms with van der Waals surface area (Å²) >= 11 is 0. The van der Waals surface area contributed by atoms with E-state index in [-0.39, 0.29) is 0 Å². The van der Waals surface area contributed by atoms with Gasteiger partial charge < -0.3 is 4.98 Å². The predicted molar refractivity (Wildman–Crippen MR) is 41.5 cm³/mol. The Labute approximate surface area is 61.7 Å². The molecule has 0 saturated carbocycles. The Bertz CT molecular complexity index is 156. The maximum absolute atomic E-state index is 4.11. The van der Waals surface area contributed by atoms with Crippen LogP contribution in [0.1, 0.15) is 25.0 Å². The van der Waals surface area contributed by atoms with Gasteiger partial charge in [-0.15, -0.1) is 0 Å². The summed E-state index contributed by atoms with van der Waals surface area (Å²) in [6.07, 6.45) is 8.19. The first-order valence-electron chi connectivity index (χ1n) is 3.70. The molecular formula is C8H13N2. The van der Waals surface area contributed by atoms with Gasteiger partial charge in [0.25, 0.3) is 0 Å². The molecule has 1 aromatic heterocycles. The van der Waals surface area contributed by atoms with Gasteiger partial charge >= 0.3 is 0 Å². The van der Waals surface area contributed by atoms with Crippen LogP contribution in [0, 0.1) is 6.92 Å². The molecule has 0 bridgehead atoms. The first-order valence-corrected chi connectivity index (χ1v) is 3.70. The topological polar surface area (TPSA) is 28.7 Å². The lowest BCUT2D eigenvalue weighted by Crippen LogP contribution is -1.83. The van der Waals surface area contributed by atoms with Crippen LogP contribution in [0.2, 0.25) is 0 Å². The summed E-state index contributed by atoms with van der Waals surface area (Å²) in [7, 11) is 0. The number of nitrogens with zero attached hydrogens (tertiary/aromatic N) is 1. The number of H-pyrrole nitrogens is 1. The smallest absolute Gasteiger partial charge is 0.0923 e.